The second-order valence-corrected chi connectivity index (χ2v) is 5.12. The first-order chi connectivity index (χ1) is 10.2. The third-order valence-corrected chi connectivity index (χ3v) is 3.69. The van der Waals surface area contributed by atoms with Crippen molar-refractivity contribution in [3.63, 3.8) is 0 Å². The Hall–Kier alpha value is -1.00. The van der Waals surface area contributed by atoms with Gasteiger partial charge in [0, 0.05) is 18.0 Å². The van der Waals surface area contributed by atoms with E-state index in [0.29, 0.717) is 6.61 Å². The maximum Gasteiger partial charge on any atom is 0.157 e. The van der Waals surface area contributed by atoms with Gasteiger partial charge in [0.2, 0.25) is 0 Å². The van der Waals surface area contributed by atoms with E-state index in [9.17, 15) is 0 Å². The van der Waals surface area contributed by atoms with Crippen molar-refractivity contribution in [2.75, 3.05) is 19.7 Å². The molecule has 4 heteroatoms. The van der Waals surface area contributed by atoms with Gasteiger partial charge in [-0.2, -0.15) is 0 Å². The van der Waals surface area contributed by atoms with Gasteiger partial charge in [-0.25, -0.2) is 9.97 Å². The van der Waals surface area contributed by atoms with E-state index >= 15 is 0 Å². The Balaban J connectivity index is 3.09. The molecule has 1 N–H and O–H groups in total. The highest BCUT2D eigenvalue weighted by Crippen LogP contribution is 2.22. The molecule has 0 aromatic carbocycles. The van der Waals surface area contributed by atoms with Crippen molar-refractivity contribution in [1.82, 2.24) is 15.3 Å². The largest absolute Gasteiger partial charge is 0.371 e. The number of rotatable bonds is 10. The Labute approximate surface area is 129 Å². The fraction of sp³-hybridized carbons (Fsp3) is 0.765. The molecule has 0 fully saturated rings. The van der Waals surface area contributed by atoms with Gasteiger partial charge in [0.25, 0.3) is 0 Å². The maximum atomic E-state index is 5.78. The van der Waals surface area contributed by atoms with Crippen LogP contribution in [-0.4, -0.2) is 29.7 Å². The van der Waals surface area contributed by atoms with Crippen LogP contribution in [0.15, 0.2) is 0 Å². The van der Waals surface area contributed by atoms with Gasteiger partial charge in [-0.05, 0) is 51.3 Å². The summed E-state index contributed by atoms with van der Waals surface area (Å²) in [6.07, 6.45) is 3.84. The first-order valence-electron chi connectivity index (χ1n) is 8.42. The summed E-state index contributed by atoms with van der Waals surface area (Å²) in [5.41, 5.74) is 3.71. The van der Waals surface area contributed by atoms with Gasteiger partial charge >= 0.3 is 0 Å². The van der Waals surface area contributed by atoms with Gasteiger partial charge in [-0.1, -0.05) is 27.7 Å². The highest BCUT2D eigenvalue weighted by Gasteiger charge is 2.18. The Morgan fingerprint density at radius 3 is 2.05 bits per heavy atom. The third-order valence-electron chi connectivity index (χ3n) is 3.69. The van der Waals surface area contributed by atoms with Crippen molar-refractivity contribution in [1.29, 1.82) is 0 Å². The molecule has 0 radical (unpaired) electrons. The van der Waals surface area contributed by atoms with Gasteiger partial charge in [0.1, 0.15) is 6.10 Å². The first kappa shape index (κ1) is 18.1. The monoisotopic (exact) mass is 293 g/mol. The first-order valence-corrected chi connectivity index (χ1v) is 8.42. The van der Waals surface area contributed by atoms with Crippen LogP contribution in [0.5, 0.6) is 0 Å². The van der Waals surface area contributed by atoms with E-state index in [1.807, 2.05) is 6.92 Å². The van der Waals surface area contributed by atoms with Crippen molar-refractivity contribution < 1.29 is 4.74 Å². The summed E-state index contributed by atoms with van der Waals surface area (Å²) in [5, 5.41) is 3.39. The SMILES string of the molecule is CCNCCc1c(CC)nc(C(CC)OCC)nc1CC. The third kappa shape index (κ3) is 5.04. The van der Waals surface area contributed by atoms with E-state index < -0.39 is 0 Å². The lowest BCUT2D eigenvalue weighted by atomic mass is 10.0. The molecule has 0 spiro atoms. The van der Waals surface area contributed by atoms with Gasteiger partial charge in [-0.3, -0.25) is 0 Å². The predicted molar refractivity (Wildman–Crippen MR) is 87.7 cm³/mol. The number of ether oxygens (including phenoxy) is 1. The summed E-state index contributed by atoms with van der Waals surface area (Å²) in [6, 6.07) is 0. The summed E-state index contributed by atoms with van der Waals surface area (Å²) in [6.45, 7) is 13.3. The zero-order valence-corrected chi connectivity index (χ0v) is 14.3. The molecule has 1 heterocycles. The summed E-state index contributed by atoms with van der Waals surface area (Å²) in [7, 11) is 0. The van der Waals surface area contributed by atoms with Gasteiger partial charge in [-0.15, -0.1) is 0 Å². The quantitative estimate of drug-likeness (QED) is 0.673. The summed E-state index contributed by atoms with van der Waals surface area (Å²) in [4.78, 5) is 9.61. The maximum absolute atomic E-state index is 5.78. The molecule has 1 rings (SSSR count). The van der Waals surface area contributed by atoms with Crippen LogP contribution < -0.4 is 5.32 Å². The molecule has 0 aliphatic heterocycles. The molecule has 0 amide bonds. The molecule has 21 heavy (non-hydrogen) atoms. The van der Waals surface area contributed by atoms with E-state index in [0.717, 1.165) is 44.6 Å². The number of nitrogens with one attached hydrogen (secondary N) is 1. The molecule has 0 bridgehead atoms. The van der Waals surface area contributed by atoms with E-state index in [1.54, 1.807) is 0 Å². The molecule has 0 aliphatic carbocycles. The number of likely N-dealkylation sites (N-methyl/N-ethyl adjacent to an activating group) is 1. The number of aromatic nitrogens is 2. The summed E-state index contributed by atoms with van der Waals surface area (Å²) < 4.78 is 5.78. The number of nitrogens with zero attached hydrogens (tertiary/aromatic N) is 2. The number of aryl methyl sites for hydroxylation is 2. The van der Waals surface area contributed by atoms with Crippen molar-refractivity contribution in [2.45, 2.75) is 66.4 Å². The van der Waals surface area contributed by atoms with E-state index in [2.05, 4.69) is 33.0 Å². The fourth-order valence-corrected chi connectivity index (χ4v) is 2.59. The minimum Gasteiger partial charge on any atom is -0.371 e. The number of hydrogen-bond acceptors (Lipinski definition) is 4. The van der Waals surface area contributed by atoms with Gasteiger partial charge < -0.3 is 10.1 Å². The zero-order chi connectivity index (χ0) is 15.7. The molecular weight excluding hydrogens is 262 g/mol. The minimum atomic E-state index is 0.0217. The van der Waals surface area contributed by atoms with Crippen molar-refractivity contribution in [2.24, 2.45) is 0 Å². The Morgan fingerprint density at radius 2 is 1.62 bits per heavy atom. The van der Waals surface area contributed by atoms with Crippen LogP contribution in [0.3, 0.4) is 0 Å². The molecule has 0 saturated heterocycles. The van der Waals surface area contributed by atoms with Crippen LogP contribution in [0.4, 0.5) is 0 Å². The second-order valence-electron chi connectivity index (χ2n) is 5.12. The summed E-state index contributed by atoms with van der Waals surface area (Å²) >= 11 is 0. The van der Waals surface area contributed by atoms with E-state index in [4.69, 9.17) is 14.7 Å². The molecule has 4 nitrogen and oxygen atoms in total. The molecule has 1 atom stereocenters. The smallest absolute Gasteiger partial charge is 0.157 e. The lowest BCUT2D eigenvalue weighted by Gasteiger charge is -2.18. The van der Waals surface area contributed by atoms with E-state index in [-0.39, 0.29) is 6.10 Å². The van der Waals surface area contributed by atoms with Gasteiger partial charge in [0.15, 0.2) is 5.82 Å². The lowest BCUT2D eigenvalue weighted by Crippen LogP contribution is -2.20. The fourth-order valence-electron chi connectivity index (χ4n) is 2.59. The van der Waals surface area contributed by atoms with Crippen LogP contribution >= 0.6 is 0 Å². The Kier molecular flexibility index (Phi) is 8.47. The van der Waals surface area contributed by atoms with Crippen molar-refractivity contribution in [3.8, 4) is 0 Å². The van der Waals surface area contributed by atoms with Crippen LogP contribution in [0.1, 0.15) is 69.9 Å². The Bertz CT molecular complexity index is 395. The second kappa shape index (κ2) is 9.85. The normalized spacial score (nSPS) is 12.6. The average molecular weight is 293 g/mol. The van der Waals surface area contributed by atoms with Crippen LogP contribution in [-0.2, 0) is 24.0 Å². The van der Waals surface area contributed by atoms with Crippen molar-refractivity contribution >= 4 is 0 Å². The predicted octanol–water partition coefficient (Wildman–Crippen LogP) is 3.24. The minimum absolute atomic E-state index is 0.0217. The molecule has 0 aliphatic rings. The van der Waals surface area contributed by atoms with E-state index in [1.165, 1.54) is 17.0 Å². The van der Waals surface area contributed by atoms with Crippen LogP contribution in [0, 0.1) is 0 Å². The molecule has 1 unspecified atom stereocenters. The average Bonchev–Trinajstić information content (AvgIpc) is 2.52. The molecule has 1 aromatic heterocycles. The summed E-state index contributed by atoms with van der Waals surface area (Å²) in [5.74, 6) is 0.861. The van der Waals surface area contributed by atoms with Gasteiger partial charge in [0.05, 0.1) is 0 Å². The van der Waals surface area contributed by atoms with Crippen LogP contribution in [0.25, 0.3) is 0 Å². The Morgan fingerprint density at radius 1 is 1.00 bits per heavy atom. The zero-order valence-electron chi connectivity index (χ0n) is 14.3. The standard InChI is InChI=1S/C17H31N3O/c1-6-14-13(11-12-18-9-4)15(7-2)20-17(19-14)16(8-3)21-10-5/h16,18H,6-12H2,1-5H3. The molecule has 0 saturated carbocycles. The topological polar surface area (TPSA) is 47.0 Å². The van der Waals surface area contributed by atoms with Crippen molar-refractivity contribution in [3.05, 3.63) is 22.8 Å². The molecule has 120 valence electrons. The number of hydrogen-bond donors (Lipinski definition) is 1. The molecular formula is C17H31N3O. The highest BCUT2D eigenvalue weighted by atomic mass is 16.5. The lowest BCUT2D eigenvalue weighted by molar-refractivity contribution is 0.0531. The molecule has 1 aromatic rings. The van der Waals surface area contributed by atoms with Crippen LogP contribution in [0.2, 0.25) is 0 Å². The highest BCUT2D eigenvalue weighted by molar-refractivity contribution is 5.27.